The lowest BCUT2D eigenvalue weighted by Crippen LogP contribution is -2.22. The van der Waals surface area contributed by atoms with Crippen LogP contribution in [-0.4, -0.2) is 58.2 Å². The van der Waals surface area contributed by atoms with Crippen LogP contribution in [-0.2, 0) is 20.0 Å². The summed E-state index contributed by atoms with van der Waals surface area (Å²) in [6.07, 6.45) is 2.68. The number of nitrogens with one attached hydrogen (secondary N) is 2. The molecule has 11 nitrogen and oxygen atoms in total. The van der Waals surface area contributed by atoms with Crippen molar-refractivity contribution in [3.63, 3.8) is 0 Å². The van der Waals surface area contributed by atoms with Gasteiger partial charge in [-0.15, -0.1) is 0 Å². The van der Waals surface area contributed by atoms with Crippen molar-refractivity contribution in [2.75, 3.05) is 31.2 Å². The number of aromatic nitrogens is 2. The first-order valence-electron chi connectivity index (χ1n) is 9.36. The molecule has 0 aliphatic heterocycles. The molecule has 2 N–H and O–H groups in total. The average molecular weight is 492 g/mol. The zero-order chi connectivity index (χ0) is 24.2. The van der Waals surface area contributed by atoms with Gasteiger partial charge in [0.25, 0.3) is 21.8 Å². The number of amides is 1. The monoisotopic (exact) mass is 491 g/mol. The van der Waals surface area contributed by atoms with Gasteiger partial charge in [-0.25, -0.2) is 31.1 Å². The Morgan fingerprint density at radius 1 is 0.879 bits per heavy atom. The van der Waals surface area contributed by atoms with Gasteiger partial charge in [-0.2, -0.15) is 0 Å². The Kier molecular flexibility index (Phi) is 6.95. The molecule has 0 aliphatic carbocycles. The van der Waals surface area contributed by atoms with E-state index in [0.717, 1.165) is 4.31 Å². The zero-order valence-electron chi connectivity index (χ0n) is 17.9. The quantitative estimate of drug-likeness (QED) is 0.485. The van der Waals surface area contributed by atoms with E-state index < -0.39 is 26.0 Å². The molecule has 1 heterocycles. The number of carbonyl (C=O) groups is 1. The van der Waals surface area contributed by atoms with Crippen LogP contribution in [0.2, 0.25) is 0 Å². The van der Waals surface area contributed by atoms with Crippen molar-refractivity contribution in [3.8, 4) is 5.88 Å². The van der Waals surface area contributed by atoms with Crippen molar-refractivity contribution in [2.45, 2.75) is 9.79 Å². The minimum absolute atomic E-state index is 0.0226. The van der Waals surface area contributed by atoms with Gasteiger partial charge in [-0.05, 0) is 48.5 Å². The largest absolute Gasteiger partial charge is 0.478 e. The van der Waals surface area contributed by atoms with Gasteiger partial charge in [0.05, 0.1) is 16.9 Å². The average Bonchev–Trinajstić information content (AvgIpc) is 2.79. The van der Waals surface area contributed by atoms with Crippen LogP contribution in [0.3, 0.4) is 0 Å². The summed E-state index contributed by atoms with van der Waals surface area (Å²) >= 11 is 0. The number of anilines is 2. The highest BCUT2D eigenvalue weighted by Gasteiger charge is 2.19. The van der Waals surface area contributed by atoms with E-state index in [9.17, 15) is 21.6 Å². The van der Waals surface area contributed by atoms with Gasteiger partial charge in [0, 0.05) is 37.7 Å². The Labute approximate surface area is 191 Å². The van der Waals surface area contributed by atoms with Crippen molar-refractivity contribution in [1.29, 1.82) is 0 Å². The Bertz CT molecular complexity index is 1360. The lowest BCUT2D eigenvalue weighted by Gasteiger charge is -2.12. The number of hydrogen-bond donors (Lipinski definition) is 2. The number of nitrogens with zero attached hydrogens (tertiary/aromatic N) is 3. The maximum atomic E-state index is 12.6. The molecule has 0 fully saturated rings. The Morgan fingerprint density at radius 3 is 2.03 bits per heavy atom. The van der Waals surface area contributed by atoms with Gasteiger partial charge in [-0.1, -0.05) is 0 Å². The number of carbonyl (C=O) groups excluding carboxylic acids is 1. The molecule has 1 amide bonds. The Morgan fingerprint density at radius 2 is 1.45 bits per heavy atom. The third-order valence-corrected chi connectivity index (χ3v) is 7.59. The van der Waals surface area contributed by atoms with Crippen molar-refractivity contribution in [1.82, 2.24) is 14.3 Å². The van der Waals surface area contributed by atoms with Crippen LogP contribution >= 0.6 is 0 Å². The lowest BCUT2D eigenvalue weighted by molar-refractivity contribution is 0.102. The molecule has 0 saturated heterocycles. The molecule has 2 aromatic carbocycles. The number of methoxy groups -OCH3 is 1. The fraction of sp³-hybridized carbons (Fsp3) is 0.150. The van der Waals surface area contributed by atoms with E-state index in [0.29, 0.717) is 5.69 Å². The highest BCUT2D eigenvalue weighted by molar-refractivity contribution is 7.92. The number of sulfonamides is 2. The zero-order valence-corrected chi connectivity index (χ0v) is 19.5. The molecular weight excluding hydrogens is 470 g/mol. The smallest absolute Gasteiger partial charge is 0.263 e. The van der Waals surface area contributed by atoms with Crippen LogP contribution < -0.4 is 14.8 Å². The summed E-state index contributed by atoms with van der Waals surface area (Å²) in [6, 6.07) is 10.9. The fourth-order valence-corrected chi connectivity index (χ4v) is 4.55. The fourth-order valence-electron chi connectivity index (χ4n) is 2.64. The molecule has 3 rings (SSSR count). The summed E-state index contributed by atoms with van der Waals surface area (Å²) in [5.74, 6) is -0.520. The van der Waals surface area contributed by atoms with Crippen LogP contribution in [0.25, 0.3) is 0 Å². The second-order valence-corrected chi connectivity index (χ2v) is 10.6. The summed E-state index contributed by atoms with van der Waals surface area (Å²) in [6.45, 7) is 0. The molecule has 0 atom stereocenters. The van der Waals surface area contributed by atoms with Crippen molar-refractivity contribution >= 4 is 37.5 Å². The molecule has 0 bridgehead atoms. The van der Waals surface area contributed by atoms with E-state index >= 15 is 0 Å². The SMILES string of the molecule is COc1nccnc1NS(=O)(=O)c1ccc(NC(=O)c2ccc(S(=O)(=O)N(C)C)cc2)cc1. The number of ether oxygens (including phenoxy) is 1. The first-order chi connectivity index (χ1) is 15.5. The standard InChI is InChI=1S/C20H21N5O6S2/c1-25(2)33(29,30)17-8-4-14(5-9-17)19(26)23-15-6-10-16(11-7-15)32(27,28)24-18-20(31-3)22-13-12-21-18/h4-13H,1-3H3,(H,21,24)(H,23,26). The van der Waals surface area contributed by atoms with Crippen molar-refractivity contribution in [2.24, 2.45) is 0 Å². The summed E-state index contributed by atoms with van der Waals surface area (Å²) in [4.78, 5) is 20.3. The van der Waals surface area contributed by atoms with Gasteiger partial charge < -0.3 is 10.1 Å². The van der Waals surface area contributed by atoms with Crippen LogP contribution in [0.15, 0.2) is 70.7 Å². The first-order valence-corrected chi connectivity index (χ1v) is 12.3. The van der Waals surface area contributed by atoms with E-state index in [2.05, 4.69) is 20.0 Å². The van der Waals surface area contributed by atoms with E-state index in [1.165, 1.54) is 82.1 Å². The molecule has 1 aromatic heterocycles. The minimum atomic E-state index is -3.98. The topological polar surface area (TPSA) is 148 Å². The molecule has 0 spiro atoms. The Hall–Kier alpha value is -3.55. The maximum absolute atomic E-state index is 12.6. The summed E-state index contributed by atoms with van der Waals surface area (Å²) in [5, 5.41) is 2.63. The summed E-state index contributed by atoms with van der Waals surface area (Å²) < 4.78 is 57.8. The highest BCUT2D eigenvalue weighted by atomic mass is 32.2. The van der Waals surface area contributed by atoms with Gasteiger partial charge in [-0.3, -0.25) is 9.52 Å². The third-order valence-electron chi connectivity index (χ3n) is 4.41. The molecule has 0 unspecified atom stereocenters. The third kappa shape index (κ3) is 5.45. The van der Waals surface area contributed by atoms with Crippen LogP contribution in [0.1, 0.15) is 10.4 Å². The molecule has 33 heavy (non-hydrogen) atoms. The van der Waals surface area contributed by atoms with E-state index in [-0.39, 0.29) is 27.1 Å². The maximum Gasteiger partial charge on any atom is 0.263 e. The van der Waals surface area contributed by atoms with Gasteiger partial charge in [0.1, 0.15) is 0 Å². The van der Waals surface area contributed by atoms with E-state index in [1.54, 1.807) is 0 Å². The summed E-state index contributed by atoms with van der Waals surface area (Å²) in [7, 11) is -3.40. The van der Waals surface area contributed by atoms with Gasteiger partial charge in [0.2, 0.25) is 15.8 Å². The molecule has 174 valence electrons. The molecule has 13 heteroatoms. The normalized spacial score (nSPS) is 11.8. The highest BCUT2D eigenvalue weighted by Crippen LogP contribution is 2.22. The van der Waals surface area contributed by atoms with Crippen molar-refractivity contribution in [3.05, 3.63) is 66.5 Å². The lowest BCUT2D eigenvalue weighted by atomic mass is 10.2. The first kappa shape index (κ1) is 24.1. The predicted molar refractivity (Wildman–Crippen MR) is 121 cm³/mol. The van der Waals surface area contributed by atoms with Gasteiger partial charge >= 0.3 is 0 Å². The second-order valence-electron chi connectivity index (χ2n) is 6.81. The van der Waals surface area contributed by atoms with Crippen LogP contribution in [0.5, 0.6) is 5.88 Å². The number of benzene rings is 2. The minimum Gasteiger partial charge on any atom is -0.478 e. The molecule has 0 aliphatic rings. The molecule has 3 aromatic rings. The van der Waals surface area contributed by atoms with Crippen LogP contribution in [0.4, 0.5) is 11.5 Å². The van der Waals surface area contributed by atoms with Crippen molar-refractivity contribution < 1.29 is 26.4 Å². The molecule has 0 radical (unpaired) electrons. The molecular formula is C20H21N5O6S2. The predicted octanol–water partition coefficient (Wildman–Crippen LogP) is 1.79. The van der Waals surface area contributed by atoms with Gasteiger partial charge in [0.15, 0.2) is 0 Å². The van der Waals surface area contributed by atoms with E-state index in [4.69, 9.17) is 4.74 Å². The second kappa shape index (κ2) is 9.52. The number of hydrogen-bond acceptors (Lipinski definition) is 8. The summed E-state index contributed by atoms with van der Waals surface area (Å²) in [5.41, 5.74) is 0.585. The Balaban J connectivity index is 1.72. The van der Waals surface area contributed by atoms with Crippen LogP contribution in [0, 0.1) is 0 Å². The molecule has 0 saturated carbocycles. The van der Waals surface area contributed by atoms with E-state index in [1.807, 2.05) is 0 Å². The number of rotatable bonds is 8.